The lowest BCUT2D eigenvalue weighted by Crippen LogP contribution is -2.38. The molecular weight excluding hydrogens is 292 g/mol. The molecule has 2 heterocycles. The zero-order valence-corrected chi connectivity index (χ0v) is 14.2. The molecule has 0 spiro atoms. The minimum atomic E-state index is -0.240. The molecule has 0 aliphatic carbocycles. The van der Waals surface area contributed by atoms with Crippen molar-refractivity contribution in [1.82, 2.24) is 10.2 Å². The Labute approximate surface area is 138 Å². The molecular formula is C18H28N2O3. The van der Waals surface area contributed by atoms with Gasteiger partial charge in [0.1, 0.15) is 5.76 Å². The number of carbonyl (C=O) groups excluding carboxylic acids is 2. The number of unbranched alkanes of at least 4 members (excludes halogenated alkanes) is 3. The van der Waals surface area contributed by atoms with Gasteiger partial charge in [-0.05, 0) is 25.5 Å². The van der Waals surface area contributed by atoms with Gasteiger partial charge in [-0.15, -0.1) is 0 Å². The maximum absolute atomic E-state index is 12.3. The summed E-state index contributed by atoms with van der Waals surface area (Å²) in [7, 11) is 0. The van der Waals surface area contributed by atoms with Crippen LogP contribution >= 0.6 is 0 Å². The van der Waals surface area contributed by atoms with Crippen LogP contribution in [0.25, 0.3) is 0 Å². The van der Waals surface area contributed by atoms with Gasteiger partial charge in [-0.3, -0.25) is 9.59 Å². The fraction of sp³-hybridized carbons (Fsp3) is 0.667. The molecule has 23 heavy (non-hydrogen) atoms. The van der Waals surface area contributed by atoms with Crippen LogP contribution < -0.4 is 5.32 Å². The van der Waals surface area contributed by atoms with Crippen molar-refractivity contribution in [3.63, 3.8) is 0 Å². The van der Waals surface area contributed by atoms with Gasteiger partial charge >= 0.3 is 0 Å². The molecule has 128 valence electrons. The van der Waals surface area contributed by atoms with E-state index < -0.39 is 0 Å². The lowest BCUT2D eigenvalue weighted by molar-refractivity contribution is -0.129. The Morgan fingerprint density at radius 2 is 2.26 bits per heavy atom. The van der Waals surface area contributed by atoms with Crippen molar-refractivity contribution >= 4 is 11.8 Å². The van der Waals surface area contributed by atoms with Crippen molar-refractivity contribution in [2.24, 2.45) is 5.92 Å². The second kappa shape index (κ2) is 8.75. The number of nitrogens with one attached hydrogen (secondary N) is 1. The third kappa shape index (κ3) is 5.41. The summed E-state index contributed by atoms with van der Waals surface area (Å²) < 4.78 is 5.27. The Balaban J connectivity index is 1.74. The molecule has 1 aromatic heterocycles. The summed E-state index contributed by atoms with van der Waals surface area (Å²) in [6.07, 6.45) is 7.73. The quantitative estimate of drug-likeness (QED) is 0.711. The summed E-state index contributed by atoms with van der Waals surface area (Å²) in [6.45, 7) is 5.16. The molecule has 0 bridgehead atoms. The third-order valence-corrected chi connectivity index (χ3v) is 4.39. The van der Waals surface area contributed by atoms with Crippen LogP contribution in [-0.2, 0) is 16.1 Å². The highest BCUT2D eigenvalue weighted by molar-refractivity contribution is 5.89. The maximum atomic E-state index is 12.3. The molecule has 2 atom stereocenters. The van der Waals surface area contributed by atoms with Crippen LogP contribution in [0.2, 0.25) is 0 Å². The van der Waals surface area contributed by atoms with Crippen molar-refractivity contribution in [1.29, 1.82) is 0 Å². The number of hydrogen-bond donors (Lipinski definition) is 1. The van der Waals surface area contributed by atoms with E-state index in [0.717, 1.165) is 18.6 Å². The van der Waals surface area contributed by atoms with E-state index in [9.17, 15) is 9.59 Å². The first-order valence-corrected chi connectivity index (χ1v) is 8.70. The number of rotatable bonds is 9. The van der Waals surface area contributed by atoms with E-state index in [1.54, 1.807) is 17.2 Å². The lowest BCUT2D eigenvalue weighted by Gasteiger charge is -2.18. The van der Waals surface area contributed by atoms with Gasteiger partial charge < -0.3 is 14.6 Å². The number of furan rings is 1. The van der Waals surface area contributed by atoms with Gasteiger partial charge in [-0.25, -0.2) is 0 Å². The number of likely N-dealkylation sites (tertiary alicyclic amines) is 1. The Hall–Kier alpha value is -1.78. The van der Waals surface area contributed by atoms with E-state index in [1.165, 1.54) is 19.3 Å². The van der Waals surface area contributed by atoms with Crippen LogP contribution in [0.4, 0.5) is 0 Å². The Morgan fingerprint density at radius 3 is 2.96 bits per heavy atom. The minimum Gasteiger partial charge on any atom is -0.467 e. The van der Waals surface area contributed by atoms with Gasteiger partial charge in [0, 0.05) is 19.0 Å². The van der Waals surface area contributed by atoms with Crippen molar-refractivity contribution in [2.75, 3.05) is 6.54 Å². The molecule has 5 nitrogen and oxygen atoms in total. The molecule has 1 N–H and O–H groups in total. The second-order valence-corrected chi connectivity index (χ2v) is 6.51. The molecule has 1 aliphatic rings. The summed E-state index contributed by atoms with van der Waals surface area (Å²) in [5, 5.41) is 3.06. The molecule has 2 unspecified atom stereocenters. The van der Waals surface area contributed by atoms with Crippen LogP contribution in [0.15, 0.2) is 22.8 Å². The van der Waals surface area contributed by atoms with Crippen molar-refractivity contribution in [3.05, 3.63) is 24.2 Å². The monoisotopic (exact) mass is 320 g/mol. The highest BCUT2D eigenvalue weighted by Crippen LogP contribution is 2.21. The maximum Gasteiger partial charge on any atom is 0.225 e. The molecule has 1 saturated heterocycles. The van der Waals surface area contributed by atoms with Gasteiger partial charge in [0.15, 0.2) is 0 Å². The van der Waals surface area contributed by atoms with Gasteiger partial charge in [0.05, 0.1) is 18.7 Å². The van der Waals surface area contributed by atoms with Crippen LogP contribution in [0.1, 0.15) is 58.1 Å². The van der Waals surface area contributed by atoms with Crippen molar-refractivity contribution in [2.45, 2.75) is 65.0 Å². The molecule has 0 radical (unpaired) electrons. The molecule has 1 aromatic rings. The number of carbonyl (C=O) groups is 2. The van der Waals surface area contributed by atoms with Crippen LogP contribution in [0.5, 0.6) is 0 Å². The van der Waals surface area contributed by atoms with Crippen molar-refractivity contribution in [3.8, 4) is 0 Å². The third-order valence-electron chi connectivity index (χ3n) is 4.39. The standard InChI is InChI=1S/C18H28N2O3/c1-3-4-5-6-8-14(2)19-18(22)15-11-17(21)20(12-15)13-16-9-7-10-23-16/h7,9-10,14-15H,3-6,8,11-13H2,1-2H3,(H,19,22). The summed E-state index contributed by atoms with van der Waals surface area (Å²) in [4.78, 5) is 26.1. The number of nitrogens with zero attached hydrogens (tertiary/aromatic N) is 1. The van der Waals surface area contributed by atoms with E-state index >= 15 is 0 Å². The van der Waals surface area contributed by atoms with Gasteiger partial charge in [-0.1, -0.05) is 32.6 Å². The van der Waals surface area contributed by atoms with Gasteiger partial charge in [0.2, 0.25) is 11.8 Å². The van der Waals surface area contributed by atoms with E-state index in [0.29, 0.717) is 19.5 Å². The van der Waals surface area contributed by atoms with Crippen LogP contribution in [-0.4, -0.2) is 29.3 Å². The van der Waals surface area contributed by atoms with Crippen molar-refractivity contribution < 1.29 is 14.0 Å². The first-order chi connectivity index (χ1) is 11.1. The Kier molecular flexibility index (Phi) is 6.68. The van der Waals surface area contributed by atoms with E-state index in [2.05, 4.69) is 12.2 Å². The molecule has 2 amide bonds. The normalized spacial score (nSPS) is 19.1. The fourth-order valence-electron chi connectivity index (χ4n) is 3.00. The van der Waals surface area contributed by atoms with Crippen LogP contribution in [0.3, 0.4) is 0 Å². The summed E-state index contributed by atoms with van der Waals surface area (Å²) in [5.74, 6) is 0.541. The average Bonchev–Trinajstić information content (AvgIpc) is 3.15. The van der Waals surface area contributed by atoms with Gasteiger partial charge in [0.25, 0.3) is 0 Å². The Morgan fingerprint density at radius 1 is 1.43 bits per heavy atom. The first-order valence-electron chi connectivity index (χ1n) is 8.70. The predicted octanol–water partition coefficient (Wildman–Crippen LogP) is 3.10. The molecule has 0 aromatic carbocycles. The van der Waals surface area contributed by atoms with E-state index in [4.69, 9.17) is 4.42 Å². The molecule has 5 heteroatoms. The fourth-order valence-corrected chi connectivity index (χ4v) is 3.00. The molecule has 1 fully saturated rings. The summed E-state index contributed by atoms with van der Waals surface area (Å²) in [5.41, 5.74) is 0. The number of amides is 2. The zero-order chi connectivity index (χ0) is 16.7. The molecule has 0 saturated carbocycles. The summed E-state index contributed by atoms with van der Waals surface area (Å²) in [6, 6.07) is 3.83. The highest BCUT2D eigenvalue weighted by atomic mass is 16.3. The second-order valence-electron chi connectivity index (χ2n) is 6.51. The highest BCUT2D eigenvalue weighted by Gasteiger charge is 2.34. The molecule has 1 aliphatic heterocycles. The average molecular weight is 320 g/mol. The topological polar surface area (TPSA) is 62.6 Å². The Bertz CT molecular complexity index is 498. The predicted molar refractivity (Wildman–Crippen MR) is 88.6 cm³/mol. The lowest BCUT2D eigenvalue weighted by atomic mass is 10.1. The van der Waals surface area contributed by atoms with E-state index in [-0.39, 0.29) is 23.8 Å². The largest absolute Gasteiger partial charge is 0.467 e. The molecule has 2 rings (SSSR count). The smallest absolute Gasteiger partial charge is 0.225 e. The minimum absolute atomic E-state index is 0.00304. The number of hydrogen-bond acceptors (Lipinski definition) is 3. The van der Waals surface area contributed by atoms with Crippen LogP contribution in [0, 0.1) is 5.92 Å². The van der Waals surface area contributed by atoms with E-state index in [1.807, 2.05) is 13.0 Å². The first kappa shape index (κ1) is 17.6. The summed E-state index contributed by atoms with van der Waals surface area (Å²) >= 11 is 0. The van der Waals surface area contributed by atoms with Gasteiger partial charge in [-0.2, -0.15) is 0 Å². The zero-order valence-electron chi connectivity index (χ0n) is 14.2. The SMILES string of the molecule is CCCCCCC(C)NC(=O)C1CC(=O)N(Cc2ccco2)C1.